The van der Waals surface area contributed by atoms with Gasteiger partial charge in [-0.1, -0.05) is 154 Å². The average molecular weight is 748 g/mol. The highest BCUT2D eigenvalue weighted by Crippen LogP contribution is 2.38. The molecule has 0 aromatic heterocycles. The number of carbonyl (C=O) groups excluding carboxylic acids is 2. The average Bonchev–Trinajstić information content (AvgIpc) is 3.12. The molecular formula is C40H76O10P-. The lowest BCUT2D eigenvalue weighted by Gasteiger charge is -2.26. The summed E-state index contributed by atoms with van der Waals surface area (Å²) in [5.74, 6) is -0.958. The zero-order valence-corrected chi connectivity index (χ0v) is 33.4. The molecule has 0 amide bonds. The second-order valence-electron chi connectivity index (χ2n) is 14.0. The Balaban J connectivity index is 4.31. The minimum atomic E-state index is -4.86. The number of phosphoric acid groups is 1. The quantitative estimate of drug-likeness (QED) is 0.0269. The number of allylic oxidation sites excluding steroid dienone is 2. The third kappa shape index (κ3) is 36.8. The fourth-order valence-corrected chi connectivity index (χ4v) is 6.47. The molecule has 10 nitrogen and oxygen atoms in total. The normalized spacial score (nSPS) is 14.1. The summed E-state index contributed by atoms with van der Waals surface area (Å²) < 4.78 is 32.3. The summed E-state index contributed by atoms with van der Waals surface area (Å²) in [6.45, 7) is 2.19. The fourth-order valence-electron chi connectivity index (χ4n) is 5.69. The fraction of sp³-hybridized carbons (Fsp3) is 0.900. The van der Waals surface area contributed by atoms with Crippen molar-refractivity contribution in [3.05, 3.63) is 12.2 Å². The molecule has 0 saturated carbocycles. The Morgan fingerprint density at radius 1 is 0.588 bits per heavy atom. The molecule has 0 aliphatic carbocycles. The lowest BCUT2D eigenvalue weighted by atomic mass is 10.0. The SMILES string of the molecule is CCCCCC/C=C\CCCCCCCCCC(=O)O[C@H](COC(=O)CCCCCCCCCCCCCCC)COP(=O)([O-])OC[C@@H](O)CO. The van der Waals surface area contributed by atoms with Crippen LogP contribution in [0.4, 0.5) is 0 Å². The Bertz CT molecular complexity index is 868. The Labute approximate surface area is 311 Å². The molecule has 0 aliphatic rings. The van der Waals surface area contributed by atoms with E-state index in [1.807, 2.05) is 0 Å². The van der Waals surface area contributed by atoms with Crippen molar-refractivity contribution in [3.8, 4) is 0 Å². The maximum absolute atomic E-state index is 12.6. The van der Waals surface area contributed by atoms with Crippen LogP contribution in [-0.4, -0.2) is 60.8 Å². The van der Waals surface area contributed by atoms with Crippen molar-refractivity contribution in [3.63, 3.8) is 0 Å². The molecule has 0 radical (unpaired) electrons. The summed E-state index contributed by atoms with van der Waals surface area (Å²) >= 11 is 0. The Kier molecular flexibility index (Phi) is 36.1. The van der Waals surface area contributed by atoms with Crippen molar-refractivity contribution in [1.82, 2.24) is 0 Å². The lowest BCUT2D eigenvalue weighted by Crippen LogP contribution is -2.30. The van der Waals surface area contributed by atoms with Gasteiger partial charge in [0.05, 0.1) is 19.8 Å². The van der Waals surface area contributed by atoms with Crippen molar-refractivity contribution < 1.29 is 47.8 Å². The van der Waals surface area contributed by atoms with Gasteiger partial charge in [0.2, 0.25) is 0 Å². The van der Waals surface area contributed by atoms with Gasteiger partial charge >= 0.3 is 11.9 Å². The topological polar surface area (TPSA) is 152 Å². The maximum atomic E-state index is 12.6. The second kappa shape index (κ2) is 37.0. The molecule has 0 spiro atoms. The van der Waals surface area contributed by atoms with E-state index in [1.165, 1.54) is 109 Å². The van der Waals surface area contributed by atoms with Crippen LogP contribution in [0.25, 0.3) is 0 Å². The first-order valence-corrected chi connectivity index (χ1v) is 22.1. The lowest BCUT2D eigenvalue weighted by molar-refractivity contribution is -0.230. The van der Waals surface area contributed by atoms with Gasteiger partial charge in [0.1, 0.15) is 12.7 Å². The number of phosphoric ester groups is 1. The standard InChI is InChI=1S/C40H77O10P/c1-3-5-7-9-11-13-15-17-18-20-22-24-26-28-30-32-40(44)50-38(36-49-51(45,46)48-34-37(42)33-41)35-47-39(43)31-29-27-25-23-21-19-16-14-12-10-8-6-4-2/h13,15,37-38,41-42H,3-12,14,16-36H2,1-2H3,(H,45,46)/p-1/b15-13-/t37-,38+/m0/s1. The van der Waals surface area contributed by atoms with Gasteiger partial charge in [0.25, 0.3) is 7.82 Å². The molecule has 0 aromatic rings. The first-order valence-electron chi connectivity index (χ1n) is 20.6. The Hall–Kier alpha value is -1.29. The predicted octanol–water partition coefficient (Wildman–Crippen LogP) is 9.81. The second-order valence-corrected chi connectivity index (χ2v) is 15.4. The smallest absolute Gasteiger partial charge is 0.306 e. The third-order valence-electron chi connectivity index (χ3n) is 8.91. The molecule has 0 bridgehead atoms. The third-order valence-corrected chi connectivity index (χ3v) is 9.84. The largest absolute Gasteiger partial charge is 0.756 e. The minimum Gasteiger partial charge on any atom is -0.756 e. The first-order chi connectivity index (χ1) is 24.7. The highest BCUT2D eigenvalue weighted by molar-refractivity contribution is 7.45. The molecule has 0 aliphatic heterocycles. The van der Waals surface area contributed by atoms with Crippen LogP contribution in [0.2, 0.25) is 0 Å². The summed E-state index contributed by atoms with van der Waals surface area (Å²) in [4.78, 5) is 37.0. The summed E-state index contributed by atoms with van der Waals surface area (Å²) in [7, 11) is -4.86. The van der Waals surface area contributed by atoms with Gasteiger partial charge in [-0.15, -0.1) is 0 Å². The summed E-state index contributed by atoms with van der Waals surface area (Å²) in [6, 6.07) is 0. The predicted molar refractivity (Wildman–Crippen MR) is 203 cm³/mol. The number of ether oxygens (including phenoxy) is 2. The Morgan fingerprint density at radius 3 is 1.45 bits per heavy atom. The molecule has 11 heteroatoms. The van der Waals surface area contributed by atoms with Crippen LogP contribution in [0, 0.1) is 0 Å². The highest BCUT2D eigenvalue weighted by Gasteiger charge is 2.21. The number of esters is 2. The van der Waals surface area contributed by atoms with E-state index in [4.69, 9.17) is 19.1 Å². The van der Waals surface area contributed by atoms with Gasteiger partial charge in [-0.05, 0) is 38.5 Å². The van der Waals surface area contributed by atoms with Crippen molar-refractivity contribution in [2.45, 2.75) is 206 Å². The van der Waals surface area contributed by atoms with E-state index >= 15 is 0 Å². The van der Waals surface area contributed by atoms with Gasteiger partial charge in [0.15, 0.2) is 6.10 Å². The molecular weight excluding hydrogens is 671 g/mol. The van der Waals surface area contributed by atoms with Crippen LogP contribution in [-0.2, 0) is 32.7 Å². The summed E-state index contributed by atoms with van der Waals surface area (Å²) in [6.07, 6.45) is 32.9. The number of carbonyl (C=O) groups is 2. The van der Waals surface area contributed by atoms with E-state index < -0.39 is 51.8 Å². The number of aliphatic hydroxyl groups is 2. The van der Waals surface area contributed by atoms with E-state index in [-0.39, 0.29) is 19.4 Å². The number of hydrogen-bond acceptors (Lipinski definition) is 10. The van der Waals surface area contributed by atoms with E-state index in [9.17, 15) is 24.2 Å². The van der Waals surface area contributed by atoms with Crippen molar-refractivity contribution in [1.29, 1.82) is 0 Å². The maximum Gasteiger partial charge on any atom is 0.306 e. The van der Waals surface area contributed by atoms with E-state index in [2.05, 4.69) is 30.5 Å². The first kappa shape index (κ1) is 49.7. The van der Waals surface area contributed by atoms with Crippen LogP contribution in [0.1, 0.15) is 194 Å². The zero-order valence-electron chi connectivity index (χ0n) is 32.5. The summed E-state index contributed by atoms with van der Waals surface area (Å²) in [5.41, 5.74) is 0. The van der Waals surface area contributed by atoms with Gasteiger partial charge in [-0.3, -0.25) is 14.2 Å². The van der Waals surface area contributed by atoms with Crippen LogP contribution in [0.15, 0.2) is 12.2 Å². The molecule has 1 unspecified atom stereocenters. The number of aliphatic hydroxyl groups excluding tert-OH is 2. The van der Waals surface area contributed by atoms with Crippen LogP contribution in [0.5, 0.6) is 0 Å². The molecule has 0 saturated heterocycles. The molecule has 2 N–H and O–H groups in total. The van der Waals surface area contributed by atoms with Gasteiger partial charge in [0, 0.05) is 12.8 Å². The zero-order chi connectivity index (χ0) is 37.7. The number of hydrogen-bond donors (Lipinski definition) is 2. The minimum absolute atomic E-state index is 0.167. The van der Waals surface area contributed by atoms with E-state index in [1.54, 1.807) is 0 Å². The van der Waals surface area contributed by atoms with E-state index in [0.29, 0.717) is 12.8 Å². The van der Waals surface area contributed by atoms with Crippen LogP contribution in [0.3, 0.4) is 0 Å². The molecule has 51 heavy (non-hydrogen) atoms. The van der Waals surface area contributed by atoms with Gasteiger partial charge in [-0.2, -0.15) is 0 Å². The van der Waals surface area contributed by atoms with Crippen LogP contribution >= 0.6 is 7.82 Å². The Morgan fingerprint density at radius 2 is 0.980 bits per heavy atom. The summed E-state index contributed by atoms with van der Waals surface area (Å²) in [5, 5.41) is 18.2. The molecule has 302 valence electrons. The van der Waals surface area contributed by atoms with E-state index in [0.717, 1.165) is 44.9 Å². The van der Waals surface area contributed by atoms with Crippen molar-refractivity contribution in [2.24, 2.45) is 0 Å². The molecule has 0 rings (SSSR count). The molecule has 0 heterocycles. The van der Waals surface area contributed by atoms with Gasteiger partial charge < -0.3 is 33.6 Å². The highest BCUT2D eigenvalue weighted by atomic mass is 31.2. The number of unbranched alkanes of at least 4 members (excludes halogenated alkanes) is 23. The molecule has 3 atom stereocenters. The number of rotatable bonds is 39. The van der Waals surface area contributed by atoms with Gasteiger partial charge in [-0.25, -0.2) is 0 Å². The molecule has 0 fully saturated rings. The van der Waals surface area contributed by atoms with Crippen LogP contribution < -0.4 is 4.89 Å². The van der Waals surface area contributed by atoms with Crippen molar-refractivity contribution in [2.75, 3.05) is 26.4 Å². The van der Waals surface area contributed by atoms with Crippen molar-refractivity contribution >= 4 is 19.8 Å². The monoisotopic (exact) mass is 748 g/mol. The molecule has 0 aromatic carbocycles.